The number of fused-ring (bicyclic) bond motifs is 2. The van der Waals surface area contributed by atoms with Gasteiger partial charge in [-0.15, -0.1) is 0 Å². The molecule has 2 aliphatic heterocycles. The maximum Gasteiger partial charge on any atom is 0.423 e. The minimum atomic E-state index is -4.82. The molecule has 3 aromatic rings. The molecule has 3 heterocycles. The van der Waals surface area contributed by atoms with Crippen molar-refractivity contribution >= 4 is 23.5 Å². The average molecular weight is 637 g/mol. The number of alkyl halides is 3. The molecule has 2 N–H and O–H groups in total. The SMILES string of the molecule is COc1cc(C(=O)NC2CCC3(CC2)CCN3C)ccc1Nc1ncc(C(F)(F)F)c(Oc2cccc3c2C(=O)N(C)C32CC2)n1. The predicted molar refractivity (Wildman–Crippen MR) is 163 cm³/mol. The zero-order valence-electron chi connectivity index (χ0n) is 25.8. The molecule has 3 fully saturated rings. The van der Waals surface area contributed by atoms with E-state index in [1.54, 1.807) is 36.2 Å². The highest BCUT2D eigenvalue weighted by molar-refractivity contribution is 6.03. The van der Waals surface area contributed by atoms with E-state index in [-0.39, 0.29) is 46.4 Å². The molecule has 0 atom stereocenters. The normalized spacial score (nSPS) is 23.2. The Morgan fingerprint density at radius 1 is 1.04 bits per heavy atom. The van der Waals surface area contributed by atoms with Gasteiger partial charge in [0, 0.05) is 36.9 Å². The van der Waals surface area contributed by atoms with Crippen molar-refractivity contribution in [3.05, 3.63) is 64.8 Å². The van der Waals surface area contributed by atoms with Crippen LogP contribution in [0.5, 0.6) is 17.4 Å². The molecule has 13 heteroatoms. The number of methoxy groups -OCH3 is 1. The standard InChI is InChI=1S/C33H35F3N6O4/c1-41-16-15-31(41)11-9-20(10-12-31)38-27(43)19-7-8-23(25(17-19)45-3)39-30-37-18-22(33(34,35)36)28(40-30)46-24-6-4-5-21-26(24)29(44)42(2)32(21)13-14-32/h4-8,17-18,20H,9-16H2,1-3H3,(H,38,43)(H,37,39,40). The summed E-state index contributed by atoms with van der Waals surface area (Å²) in [4.78, 5) is 38.2. The first-order valence-corrected chi connectivity index (χ1v) is 15.4. The number of nitrogens with zero attached hydrogens (tertiary/aromatic N) is 4. The first kappa shape index (κ1) is 30.3. The molecule has 1 aromatic heterocycles. The number of hydrogen-bond donors (Lipinski definition) is 2. The summed E-state index contributed by atoms with van der Waals surface area (Å²) in [5.41, 5.74) is 0.383. The van der Waals surface area contributed by atoms with E-state index >= 15 is 0 Å². The van der Waals surface area contributed by atoms with Gasteiger partial charge in [0.1, 0.15) is 17.1 Å². The summed E-state index contributed by atoms with van der Waals surface area (Å²) in [6.45, 7) is 1.12. The fourth-order valence-electron chi connectivity index (χ4n) is 7.20. The fraction of sp³-hybridized carbons (Fsp3) is 0.455. The maximum absolute atomic E-state index is 14.0. The lowest BCUT2D eigenvalue weighted by molar-refractivity contribution is -0.139. The Morgan fingerprint density at radius 2 is 1.80 bits per heavy atom. The topological polar surface area (TPSA) is 109 Å². The molecule has 0 bridgehead atoms. The summed E-state index contributed by atoms with van der Waals surface area (Å²) < 4.78 is 53.3. The van der Waals surface area contributed by atoms with Crippen LogP contribution in [0, 0.1) is 0 Å². The molecule has 7 rings (SSSR count). The lowest BCUT2D eigenvalue weighted by atomic mass is 9.71. The highest BCUT2D eigenvalue weighted by Crippen LogP contribution is 2.57. The molecule has 1 saturated heterocycles. The quantitative estimate of drug-likeness (QED) is 0.332. The number of rotatable bonds is 7. The Labute approximate surface area is 264 Å². The minimum Gasteiger partial charge on any atom is -0.495 e. The second kappa shape index (κ2) is 10.9. The molecular formula is C33H35F3N6O4. The number of aromatic nitrogens is 2. The van der Waals surface area contributed by atoms with Crippen molar-refractivity contribution in [3.8, 4) is 17.4 Å². The number of carbonyl (C=O) groups is 2. The van der Waals surface area contributed by atoms with Crippen LogP contribution in [-0.4, -0.2) is 70.9 Å². The van der Waals surface area contributed by atoms with Crippen molar-refractivity contribution in [2.75, 3.05) is 33.1 Å². The molecule has 242 valence electrons. The third-order valence-corrected chi connectivity index (χ3v) is 10.4. The molecule has 2 spiro atoms. The second-order valence-corrected chi connectivity index (χ2v) is 12.8. The van der Waals surface area contributed by atoms with Crippen LogP contribution in [0.3, 0.4) is 0 Å². The van der Waals surface area contributed by atoms with E-state index in [1.165, 1.54) is 19.6 Å². The summed E-state index contributed by atoms with van der Waals surface area (Å²) in [5, 5.41) is 6.02. The molecule has 0 radical (unpaired) electrons. The number of hydrogen-bond acceptors (Lipinski definition) is 8. The smallest absolute Gasteiger partial charge is 0.423 e. The number of likely N-dealkylation sites (tertiary alicyclic amines) is 1. The van der Waals surface area contributed by atoms with Crippen molar-refractivity contribution < 1.29 is 32.2 Å². The summed E-state index contributed by atoms with van der Waals surface area (Å²) in [6, 6.07) is 9.78. The first-order chi connectivity index (χ1) is 21.9. The molecule has 2 amide bonds. The Morgan fingerprint density at radius 3 is 2.43 bits per heavy atom. The Hall–Kier alpha value is -4.39. The van der Waals surface area contributed by atoms with Gasteiger partial charge in [-0.05, 0) is 81.8 Å². The fourth-order valence-corrected chi connectivity index (χ4v) is 7.20. The van der Waals surface area contributed by atoms with Crippen LogP contribution in [0.2, 0.25) is 0 Å². The van der Waals surface area contributed by atoms with Gasteiger partial charge in [0.05, 0.1) is 23.9 Å². The van der Waals surface area contributed by atoms with E-state index < -0.39 is 23.2 Å². The van der Waals surface area contributed by atoms with Crippen LogP contribution in [0.4, 0.5) is 24.8 Å². The van der Waals surface area contributed by atoms with Gasteiger partial charge >= 0.3 is 6.18 Å². The van der Waals surface area contributed by atoms with Gasteiger partial charge in [0.15, 0.2) is 0 Å². The predicted octanol–water partition coefficient (Wildman–Crippen LogP) is 5.86. The highest BCUT2D eigenvalue weighted by atomic mass is 19.4. The minimum absolute atomic E-state index is 0.00550. The van der Waals surface area contributed by atoms with Gasteiger partial charge in [-0.2, -0.15) is 18.2 Å². The van der Waals surface area contributed by atoms with E-state index in [2.05, 4.69) is 32.5 Å². The number of amides is 2. The number of ether oxygens (including phenoxy) is 2. The highest BCUT2D eigenvalue weighted by Gasteiger charge is 2.57. The number of anilines is 2. The largest absolute Gasteiger partial charge is 0.495 e. The van der Waals surface area contributed by atoms with E-state index in [0.29, 0.717) is 17.4 Å². The number of benzene rings is 2. The summed E-state index contributed by atoms with van der Waals surface area (Å²) in [5.74, 6) is -1.20. The van der Waals surface area contributed by atoms with Crippen molar-refractivity contribution in [1.82, 2.24) is 25.1 Å². The van der Waals surface area contributed by atoms with Gasteiger partial charge < -0.3 is 29.9 Å². The van der Waals surface area contributed by atoms with Crippen molar-refractivity contribution in [1.29, 1.82) is 0 Å². The monoisotopic (exact) mass is 636 g/mol. The number of halogens is 3. The molecule has 10 nitrogen and oxygen atoms in total. The zero-order chi connectivity index (χ0) is 32.4. The molecule has 46 heavy (non-hydrogen) atoms. The van der Waals surface area contributed by atoms with E-state index in [0.717, 1.165) is 50.6 Å². The second-order valence-electron chi connectivity index (χ2n) is 12.8. The molecule has 0 unspecified atom stereocenters. The molecular weight excluding hydrogens is 601 g/mol. The molecule has 2 aromatic carbocycles. The van der Waals surface area contributed by atoms with Gasteiger partial charge in [0.2, 0.25) is 11.8 Å². The van der Waals surface area contributed by atoms with Crippen LogP contribution >= 0.6 is 0 Å². The van der Waals surface area contributed by atoms with Crippen LogP contribution in [0.1, 0.15) is 76.8 Å². The van der Waals surface area contributed by atoms with Gasteiger partial charge in [0.25, 0.3) is 11.8 Å². The average Bonchev–Trinajstić information content (AvgIpc) is 3.82. The zero-order valence-corrected chi connectivity index (χ0v) is 25.8. The molecule has 2 saturated carbocycles. The van der Waals surface area contributed by atoms with E-state index in [1.807, 2.05) is 6.07 Å². The lowest BCUT2D eigenvalue weighted by Gasteiger charge is -2.54. The van der Waals surface area contributed by atoms with E-state index in [4.69, 9.17) is 9.47 Å². The maximum atomic E-state index is 14.0. The van der Waals surface area contributed by atoms with Crippen LogP contribution < -0.4 is 20.1 Å². The number of carbonyl (C=O) groups excluding carboxylic acids is 2. The van der Waals surface area contributed by atoms with Crippen LogP contribution in [0.25, 0.3) is 0 Å². The summed E-state index contributed by atoms with van der Waals surface area (Å²) in [7, 11) is 5.27. The summed E-state index contributed by atoms with van der Waals surface area (Å²) in [6.07, 6.45) is 2.53. The van der Waals surface area contributed by atoms with Crippen molar-refractivity contribution in [2.24, 2.45) is 0 Å². The molecule has 2 aliphatic carbocycles. The van der Waals surface area contributed by atoms with E-state index in [9.17, 15) is 22.8 Å². The first-order valence-electron chi connectivity index (χ1n) is 15.4. The third kappa shape index (κ3) is 5.01. The Bertz CT molecular complexity index is 1720. The van der Waals surface area contributed by atoms with Crippen LogP contribution in [-0.2, 0) is 11.7 Å². The molecule has 4 aliphatic rings. The van der Waals surface area contributed by atoms with Crippen LogP contribution in [0.15, 0.2) is 42.6 Å². The van der Waals surface area contributed by atoms with Gasteiger partial charge in [-0.25, -0.2) is 4.98 Å². The van der Waals surface area contributed by atoms with Crippen molar-refractivity contribution in [2.45, 2.75) is 68.2 Å². The Kier molecular flexibility index (Phi) is 7.14. The Balaban J connectivity index is 1.10. The number of nitrogens with one attached hydrogen (secondary N) is 2. The van der Waals surface area contributed by atoms with Gasteiger partial charge in [-0.1, -0.05) is 12.1 Å². The van der Waals surface area contributed by atoms with Crippen molar-refractivity contribution in [3.63, 3.8) is 0 Å². The third-order valence-electron chi connectivity index (χ3n) is 10.4. The summed E-state index contributed by atoms with van der Waals surface area (Å²) >= 11 is 0. The van der Waals surface area contributed by atoms with Gasteiger partial charge in [-0.3, -0.25) is 9.59 Å². The lowest BCUT2D eigenvalue weighted by Crippen LogP contribution is -2.60.